The molecule has 7 nitrogen and oxygen atoms in total. The van der Waals surface area contributed by atoms with E-state index in [1.807, 2.05) is 31.2 Å². The van der Waals surface area contributed by atoms with Gasteiger partial charge >= 0.3 is 6.09 Å². The Bertz CT molecular complexity index is 733. The molecule has 1 aromatic heterocycles. The fourth-order valence-corrected chi connectivity index (χ4v) is 3.23. The summed E-state index contributed by atoms with van der Waals surface area (Å²) in [6.07, 6.45) is 1.21. The fraction of sp³-hybridized carbons (Fsp3) is 0.353. The van der Waals surface area contributed by atoms with Crippen LogP contribution >= 0.6 is 11.3 Å². The molecule has 2 heterocycles. The van der Waals surface area contributed by atoms with Crippen molar-refractivity contribution in [1.82, 2.24) is 15.2 Å². The Labute approximate surface area is 149 Å². The molecular formula is C17H19N3O4S. The lowest BCUT2D eigenvalue weighted by molar-refractivity contribution is 0.0943. The van der Waals surface area contributed by atoms with E-state index in [0.29, 0.717) is 30.1 Å². The topological polar surface area (TPSA) is 91.8 Å². The first-order chi connectivity index (χ1) is 12.0. The van der Waals surface area contributed by atoms with Crippen LogP contribution in [0.1, 0.15) is 34.6 Å². The molecule has 3 rings (SSSR count). The van der Waals surface area contributed by atoms with E-state index >= 15 is 0 Å². The van der Waals surface area contributed by atoms with E-state index in [0.717, 1.165) is 5.56 Å². The van der Waals surface area contributed by atoms with Crippen molar-refractivity contribution in [1.29, 1.82) is 0 Å². The van der Waals surface area contributed by atoms with Gasteiger partial charge in [0.25, 0.3) is 5.91 Å². The molecule has 0 spiro atoms. The zero-order chi connectivity index (χ0) is 17.8. The number of thiazole rings is 1. The molecule has 0 aliphatic carbocycles. The third kappa shape index (κ3) is 4.27. The van der Waals surface area contributed by atoms with Gasteiger partial charge in [-0.3, -0.25) is 9.78 Å². The largest absolute Gasteiger partial charge is 0.489 e. The van der Waals surface area contributed by atoms with Gasteiger partial charge in [0.2, 0.25) is 0 Å². The number of amides is 2. The average Bonchev–Trinajstić information content (AvgIpc) is 3.27. The summed E-state index contributed by atoms with van der Waals surface area (Å²) in [6, 6.07) is 7.34. The van der Waals surface area contributed by atoms with Gasteiger partial charge in [-0.15, -0.1) is 11.3 Å². The Kier molecular flexibility index (Phi) is 5.18. The van der Waals surface area contributed by atoms with Gasteiger partial charge in [0.15, 0.2) is 0 Å². The van der Waals surface area contributed by atoms with Gasteiger partial charge in [0.05, 0.1) is 24.3 Å². The van der Waals surface area contributed by atoms with E-state index < -0.39 is 6.09 Å². The lowest BCUT2D eigenvalue weighted by atomic mass is 10.1. The van der Waals surface area contributed by atoms with Crippen LogP contribution in [0.3, 0.4) is 0 Å². The van der Waals surface area contributed by atoms with Crippen molar-refractivity contribution in [3.63, 3.8) is 0 Å². The number of carboxylic acid groups (broad SMARTS) is 1. The van der Waals surface area contributed by atoms with Gasteiger partial charge in [-0.25, -0.2) is 4.79 Å². The SMILES string of the molecule is C[C@H](NC(=O)c1cncs1)c1ccc(OC2CCN(C(=O)O)C2)cc1. The standard InChI is InChI=1S/C17H19N3O4S/c1-11(19-16(21)15-8-18-10-25-15)12-2-4-13(5-3-12)24-14-6-7-20(9-14)17(22)23/h2-5,8,10-11,14H,6-7,9H2,1H3,(H,19,21)(H,22,23)/t11-,14?/m0/s1. The second-order valence-corrected chi connectivity index (χ2v) is 6.77. The molecule has 2 aromatic rings. The molecule has 1 aliphatic heterocycles. The molecule has 8 heteroatoms. The molecule has 1 aliphatic rings. The molecule has 132 valence electrons. The van der Waals surface area contributed by atoms with Crippen LogP contribution in [0.15, 0.2) is 36.0 Å². The first-order valence-corrected chi connectivity index (χ1v) is 8.84. The molecular weight excluding hydrogens is 342 g/mol. The normalized spacial score (nSPS) is 18.0. The van der Waals surface area contributed by atoms with Crippen LogP contribution in [0, 0.1) is 0 Å². The highest BCUT2D eigenvalue weighted by Crippen LogP contribution is 2.22. The summed E-state index contributed by atoms with van der Waals surface area (Å²) in [6.45, 7) is 2.80. The summed E-state index contributed by atoms with van der Waals surface area (Å²) in [5.41, 5.74) is 2.59. The first-order valence-electron chi connectivity index (χ1n) is 7.97. The highest BCUT2D eigenvalue weighted by molar-refractivity contribution is 7.11. The Hall–Kier alpha value is -2.61. The number of nitrogens with one attached hydrogen (secondary N) is 1. The average molecular weight is 361 g/mol. The molecule has 1 saturated heterocycles. The van der Waals surface area contributed by atoms with E-state index in [-0.39, 0.29) is 18.1 Å². The van der Waals surface area contributed by atoms with Gasteiger partial charge in [0, 0.05) is 13.0 Å². The fourth-order valence-electron chi connectivity index (χ4n) is 2.70. The molecule has 1 unspecified atom stereocenters. The van der Waals surface area contributed by atoms with Crippen LogP contribution in [0.4, 0.5) is 4.79 Å². The van der Waals surface area contributed by atoms with Gasteiger partial charge in [-0.1, -0.05) is 12.1 Å². The number of aromatic nitrogens is 1. The van der Waals surface area contributed by atoms with Crippen LogP contribution in [-0.2, 0) is 0 Å². The number of hydrogen-bond acceptors (Lipinski definition) is 5. The minimum absolute atomic E-state index is 0.120. The Morgan fingerprint density at radius 2 is 2.16 bits per heavy atom. The number of ether oxygens (including phenoxy) is 1. The Morgan fingerprint density at radius 1 is 1.40 bits per heavy atom. The molecule has 1 aromatic carbocycles. The number of carbonyl (C=O) groups is 2. The first kappa shape index (κ1) is 17.2. The summed E-state index contributed by atoms with van der Waals surface area (Å²) in [5, 5.41) is 11.9. The lowest BCUT2D eigenvalue weighted by Gasteiger charge is -2.16. The van der Waals surface area contributed by atoms with Crippen LogP contribution in [0.25, 0.3) is 0 Å². The highest BCUT2D eigenvalue weighted by atomic mass is 32.1. The maximum absolute atomic E-state index is 12.1. The van der Waals surface area contributed by atoms with Crippen molar-refractivity contribution in [3.8, 4) is 5.75 Å². The summed E-state index contributed by atoms with van der Waals surface area (Å²) >= 11 is 1.30. The Morgan fingerprint density at radius 3 is 2.76 bits per heavy atom. The van der Waals surface area contributed by atoms with Crippen molar-refractivity contribution in [3.05, 3.63) is 46.4 Å². The molecule has 1 fully saturated rings. The zero-order valence-electron chi connectivity index (χ0n) is 13.7. The minimum Gasteiger partial charge on any atom is -0.489 e. The molecule has 2 N–H and O–H groups in total. The summed E-state index contributed by atoms with van der Waals surface area (Å²) in [7, 11) is 0. The number of likely N-dealkylation sites (tertiary alicyclic amines) is 1. The van der Waals surface area contributed by atoms with Gasteiger partial charge in [-0.05, 0) is 24.6 Å². The zero-order valence-corrected chi connectivity index (χ0v) is 14.5. The van der Waals surface area contributed by atoms with Crippen LogP contribution in [0.2, 0.25) is 0 Å². The van der Waals surface area contributed by atoms with Crippen molar-refractivity contribution in [2.75, 3.05) is 13.1 Å². The van der Waals surface area contributed by atoms with Gasteiger partial charge in [-0.2, -0.15) is 0 Å². The molecule has 0 radical (unpaired) electrons. The molecule has 0 bridgehead atoms. The van der Waals surface area contributed by atoms with Crippen molar-refractivity contribution in [2.45, 2.75) is 25.5 Å². The van der Waals surface area contributed by atoms with Crippen molar-refractivity contribution < 1.29 is 19.4 Å². The van der Waals surface area contributed by atoms with E-state index in [1.165, 1.54) is 16.2 Å². The number of rotatable bonds is 5. The maximum Gasteiger partial charge on any atom is 0.407 e. The molecule has 2 amide bonds. The quantitative estimate of drug-likeness (QED) is 0.854. The summed E-state index contributed by atoms with van der Waals surface area (Å²) < 4.78 is 5.83. The second-order valence-electron chi connectivity index (χ2n) is 5.89. The molecule has 0 saturated carbocycles. The van der Waals surface area contributed by atoms with Gasteiger partial charge in [0.1, 0.15) is 16.7 Å². The highest BCUT2D eigenvalue weighted by Gasteiger charge is 2.27. The van der Waals surface area contributed by atoms with E-state index in [4.69, 9.17) is 9.84 Å². The third-order valence-electron chi connectivity index (χ3n) is 4.10. The van der Waals surface area contributed by atoms with Crippen molar-refractivity contribution in [2.24, 2.45) is 0 Å². The predicted molar refractivity (Wildman–Crippen MR) is 93.1 cm³/mol. The Balaban J connectivity index is 1.55. The van der Waals surface area contributed by atoms with Crippen LogP contribution in [0.5, 0.6) is 5.75 Å². The number of nitrogens with zero attached hydrogens (tertiary/aromatic N) is 2. The monoisotopic (exact) mass is 361 g/mol. The molecule has 2 atom stereocenters. The second kappa shape index (κ2) is 7.52. The van der Waals surface area contributed by atoms with E-state index in [2.05, 4.69) is 10.3 Å². The van der Waals surface area contributed by atoms with Crippen LogP contribution in [-0.4, -0.2) is 46.2 Å². The lowest BCUT2D eigenvalue weighted by Crippen LogP contribution is -2.29. The number of benzene rings is 1. The van der Waals surface area contributed by atoms with E-state index in [1.54, 1.807) is 11.7 Å². The predicted octanol–water partition coefficient (Wildman–Crippen LogP) is 2.77. The number of hydrogen-bond donors (Lipinski definition) is 2. The van der Waals surface area contributed by atoms with Gasteiger partial charge < -0.3 is 20.1 Å². The molecule has 25 heavy (non-hydrogen) atoms. The minimum atomic E-state index is -0.910. The summed E-state index contributed by atoms with van der Waals surface area (Å²) in [5.74, 6) is 0.553. The van der Waals surface area contributed by atoms with Crippen molar-refractivity contribution >= 4 is 23.3 Å². The summed E-state index contributed by atoms with van der Waals surface area (Å²) in [4.78, 5) is 28.8. The smallest absolute Gasteiger partial charge is 0.407 e. The van der Waals surface area contributed by atoms with Crippen LogP contribution < -0.4 is 10.1 Å². The maximum atomic E-state index is 12.1. The van der Waals surface area contributed by atoms with E-state index in [9.17, 15) is 9.59 Å². The third-order valence-corrected chi connectivity index (χ3v) is 4.87. The number of carbonyl (C=O) groups excluding carboxylic acids is 1.